The van der Waals surface area contributed by atoms with Gasteiger partial charge in [-0.05, 0) is 63.3 Å². The van der Waals surface area contributed by atoms with Gasteiger partial charge in [0.1, 0.15) is 0 Å². The van der Waals surface area contributed by atoms with Crippen LogP contribution in [-0.4, -0.2) is 28.2 Å². The van der Waals surface area contributed by atoms with Crippen molar-refractivity contribution in [1.29, 1.82) is 0 Å². The molecule has 0 aliphatic rings. The predicted octanol–water partition coefficient (Wildman–Crippen LogP) is 5.68. The van der Waals surface area contributed by atoms with Gasteiger partial charge in [-0.25, -0.2) is 4.98 Å². The molecule has 0 amide bonds. The lowest BCUT2D eigenvalue weighted by atomic mass is 10.1. The molecule has 0 saturated carbocycles. The predicted molar refractivity (Wildman–Crippen MR) is 136 cm³/mol. The Morgan fingerprint density at radius 3 is 2.68 bits per heavy atom. The van der Waals surface area contributed by atoms with Crippen molar-refractivity contribution in [3.8, 4) is 11.3 Å². The molecule has 0 aliphatic heterocycles. The Morgan fingerprint density at radius 1 is 1.00 bits per heavy atom. The van der Waals surface area contributed by atoms with E-state index < -0.39 is 0 Å². The average Bonchev–Trinajstić information content (AvgIpc) is 3.18. The number of nitrogens with one attached hydrogen (secondary N) is 3. The van der Waals surface area contributed by atoms with Crippen molar-refractivity contribution < 1.29 is 0 Å². The van der Waals surface area contributed by atoms with Crippen LogP contribution in [0.3, 0.4) is 0 Å². The van der Waals surface area contributed by atoms with E-state index in [1.165, 1.54) is 5.56 Å². The van der Waals surface area contributed by atoms with Gasteiger partial charge in [0.15, 0.2) is 5.11 Å². The molecule has 0 radical (unpaired) electrons. The number of fused-ring (bicyclic) bond motifs is 1. The normalized spacial score (nSPS) is 10.8. The van der Waals surface area contributed by atoms with Crippen LogP contribution in [0.2, 0.25) is 0 Å². The summed E-state index contributed by atoms with van der Waals surface area (Å²) >= 11 is 7.12. The minimum atomic E-state index is 0.597. The van der Waals surface area contributed by atoms with Crippen molar-refractivity contribution in [3.63, 3.8) is 0 Å². The first kappa shape index (κ1) is 21.2. The average molecular weight is 448 g/mol. The van der Waals surface area contributed by atoms with E-state index in [9.17, 15) is 0 Å². The van der Waals surface area contributed by atoms with E-state index in [4.69, 9.17) is 12.2 Å². The van der Waals surface area contributed by atoms with Crippen molar-refractivity contribution in [2.75, 3.05) is 23.7 Å². The Morgan fingerprint density at radius 2 is 1.87 bits per heavy atom. The molecule has 0 aliphatic carbocycles. The fraction of sp³-hybridized carbons (Fsp3) is 0.208. The number of aromatic nitrogens is 2. The smallest absolute Gasteiger partial charge is 0.170 e. The molecule has 4 rings (SSSR count). The summed E-state index contributed by atoms with van der Waals surface area (Å²) in [6.45, 7) is 7.57. The Kier molecular flexibility index (Phi) is 6.44. The summed E-state index contributed by atoms with van der Waals surface area (Å²) in [6.07, 6.45) is 0. The molecular weight excluding hydrogens is 422 g/mol. The summed E-state index contributed by atoms with van der Waals surface area (Å²) in [7, 11) is 0. The van der Waals surface area contributed by atoms with Gasteiger partial charge in [0.25, 0.3) is 0 Å². The van der Waals surface area contributed by atoms with Gasteiger partial charge in [0.05, 0.1) is 16.2 Å². The highest BCUT2D eigenvalue weighted by atomic mass is 32.1. The fourth-order valence-corrected chi connectivity index (χ4v) is 4.26. The maximum Gasteiger partial charge on any atom is 0.170 e. The topological polar surface area (TPSA) is 61.9 Å². The number of hydrogen-bond donors (Lipinski definition) is 3. The van der Waals surface area contributed by atoms with Gasteiger partial charge in [-0.15, -0.1) is 11.3 Å². The standard InChI is InChI=1S/C24H25N5S2/c1-15-7-8-21-20(11-15)22(12-16(2)27-21)25-9-10-26-24(30)29-19-6-4-5-18(13-19)23-14-31-17(3)28-23/h4-8,11-14H,9-10H2,1-3H3,(H,25,27)(H2,26,29,30). The van der Waals surface area contributed by atoms with Gasteiger partial charge < -0.3 is 16.0 Å². The highest BCUT2D eigenvalue weighted by Crippen LogP contribution is 2.25. The van der Waals surface area contributed by atoms with Gasteiger partial charge in [0, 0.05) is 46.5 Å². The first-order valence-corrected chi connectivity index (χ1v) is 11.5. The molecule has 0 fully saturated rings. The van der Waals surface area contributed by atoms with Crippen LogP contribution in [0.25, 0.3) is 22.2 Å². The number of anilines is 2. The minimum Gasteiger partial charge on any atom is -0.383 e. The molecule has 4 aromatic rings. The molecule has 0 unspecified atom stereocenters. The third-order valence-electron chi connectivity index (χ3n) is 4.85. The van der Waals surface area contributed by atoms with Crippen LogP contribution < -0.4 is 16.0 Å². The van der Waals surface area contributed by atoms with Crippen LogP contribution in [0.5, 0.6) is 0 Å². The maximum atomic E-state index is 5.47. The van der Waals surface area contributed by atoms with Crippen molar-refractivity contribution >= 4 is 50.9 Å². The zero-order chi connectivity index (χ0) is 21.8. The molecule has 31 heavy (non-hydrogen) atoms. The molecule has 0 spiro atoms. The fourth-order valence-electron chi connectivity index (χ4n) is 3.42. The number of pyridine rings is 1. The molecule has 2 aromatic carbocycles. The van der Waals surface area contributed by atoms with E-state index in [1.807, 2.05) is 26.0 Å². The second kappa shape index (κ2) is 9.41. The highest BCUT2D eigenvalue weighted by molar-refractivity contribution is 7.80. The monoisotopic (exact) mass is 447 g/mol. The van der Waals surface area contributed by atoms with E-state index in [1.54, 1.807) is 11.3 Å². The Hall–Kier alpha value is -3.03. The van der Waals surface area contributed by atoms with Gasteiger partial charge in [0.2, 0.25) is 0 Å². The lowest BCUT2D eigenvalue weighted by molar-refractivity contribution is 0.916. The molecule has 5 nitrogen and oxygen atoms in total. The number of nitrogens with zero attached hydrogens (tertiary/aromatic N) is 2. The minimum absolute atomic E-state index is 0.597. The summed E-state index contributed by atoms with van der Waals surface area (Å²) in [5.41, 5.74) is 7.34. The van der Waals surface area contributed by atoms with Crippen molar-refractivity contribution in [2.45, 2.75) is 20.8 Å². The first-order chi connectivity index (χ1) is 15.0. The Bertz CT molecular complexity index is 1230. The zero-order valence-electron chi connectivity index (χ0n) is 17.8. The summed E-state index contributed by atoms with van der Waals surface area (Å²) in [6, 6.07) is 16.6. The molecule has 2 heterocycles. The second-order valence-corrected chi connectivity index (χ2v) is 8.94. The van der Waals surface area contributed by atoms with Crippen LogP contribution in [0.4, 0.5) is 11.4 Å². The SMILES string of the molecule is Cc1ccc2nc(C)cc(NCCNC(=S)Nc3cccc(-c4csc(C)n4)c3)c2c1. The number of hydrogen-bond acceptors (Lipinski definition) is 5. The lowest BCUT2D eigenvalue weighted by Crippen LogP contribution is -2.32. The lowest BCUT2D eigenvalue weighted by Gasteiger charge is -2.14. The largest absolute Gasteiger partial charge is 0.383 e. The summed E-state index contributed by atoms with van der Waals surface area (Å²) < 4.78 is 0. The number of aryl methyl sites for hydroxylation is 3. The zero-order valence-corrected chi connectivity index (χ0v) is 19.5. The van der Waals surface area contributed by atoms with Crippen LogP contribution in [0.15, 0.2) is 53.9 Å². The quantitative estimate of drug-likeness (QED) is 0.261. The summed E-state index contributed by atoms with van der Waals surface area (Å²) in [4.78, 5) is 9.17. The number of rotatable bonds is 6. The molecule has 0 bridgehead atoms. The van der Waals surface area contributed by atoms with Crippen LogP contribution in [0.1, 0.15) is 16.3 Å². The number of thiocarbonyl (C=S) groups is 1. The van der Waals surface area contributed by atoms with Crippen LogP contribution in [-0.2, 0) is 0 Å². The molecular formula is C24H25N5S2. The van der Waals surface area contributed by atoms with Gasteiger partial charge >= 0.3 is 0 Å². The number of benzene rings is 2. The van der Waals surface area contributed by atoms with Gasteiger partial charge in [-0.1, -0.05) is 23.8 Å². The first-order valence-electron chi connectivity index (χ1n) is 10.2. The Labute approximate surface area is 192 Å². The molecule has 0 atom stereocenters. The molecule has 0 saturated heterocycles. The summed E-state index contributed by atoms with van der Waals surface area (Å²) in [5, 5.41) is 14.9. The maximum absolute atomic E-state index is 5.47. The van der Waals surface area contributed by atoms with E-state index >= 15 is 0 Å². The molecule has 3 N–H and O–H groups in total. The van der Waals surface area contributed by atoms with Crippen molar-refractivity contribution in [3.05, 3.63) is 70.2 Å². The van der Waals surface area contributed by atoms with Gasteiger partial charge in [-0.3, -0.25) is 4.98 Å². The molecule has 2 aromatic heterocycles. The van der Waals surface area contributed by atoms with Gasteiger partial charge in [-0.2, -0.15) is 0 Å². The van der Waals surface area contributed by atoms with E-state index in [0.29, 0.717) is 11.7 Å². The van der Waals surface area contributed by atoms with E-state index in [2.05, 4.69) is 74.6 Å². The summed E-state index contributed by atoms with van der Waals surface area (Å²) in [5.74, 6) is 0. The van der Waals surface area contributed by atoms with Crippen molar-refractivity contribution in [2.24, 2.45) is 0 Å². The third-order valence-corrected chi connectivity index (χ3v) is 5.87. The third kappa shape index (κ3) is 5.37. The molecule has 158 valence electrons. The molecule has 7 heteroatoms. The second-order valence-electron chi connectivity index (χ2n) is 7.47. The Balaban J connectivity index is 1.32. The van der Waals surface area contributed by atoms with Crippen LogP contribution >= 0.6 is 23.6 Å². The van der Waals surface area contributed by atoms with Crippen molar-refractivity contribution in [1.82, 2.24) is 15.3 Å². The van der Waals surface area contributed by atoms with E-state index in [0.717, 1.165) is 50.8 Å². The van der Waals surface area contributed by atoms with Crippen LogP contribution in [0, 0.1) is 20.8 Å². The van der Waals surface area contributed by atoms with E-state index in [-0.39, 0.29) is 0 Å². The highest BCUT2D eigenvalue weighted by Gasteiger charge is 2.06. The number of thiazole rings is 1.